The second-order valence-electron chi connectivity index (χ2n) is 7.28. The molecule has 0 atom stereocenters. The Morgan fingerprint density at radius 2 is 1.63 bits per heavy atom. The van der Waals surface area contributed by atoms with E-state index < -0.39 is 0 Å². The van der Waals surface area contributed by atoms with Gasteiger partial charge in [-0.05, 0) is 75.8 Å². The molecule has 0 unspecified atom stereocenters. The van der Waals surface area contributed by atoms with E-state index in [1.807, 2.05) is 11.9 Å². The summed E-state index contributed by atoms with van der Waals surface area (Å²) in [5.74, 6) is -0.514. The summed E-state index contributed by atoms with van der Waals surface area (Å²) in [5, 5.41) is 0. The van der Waals surface area contributed by atoms with Crippen molar-refractivity contribution in [2.45, 2.75) is 25.8 Å². The molecule has 1 fully saturated rings. The van der Waals surface area contributed by atoms with E-state index in [0.717, 1.165) is 25.9 Å². The summed E-state index contributed by atoms with van der Waals surface area (Å²) in [7, 11) is 3.94. The average molecular weight is 368 g/mol. The van der Waals surface area contributed by atoms with E-state index >= 15 is 0 Å². The van der Waals surface area contributed by atoms with Gasteiger partial charge in [-0.2, -0.15) is 0 Å². The van der Waals surface area contributed by atoms with Crippen molar-refractivity contribution in [2.75, 3.05) is 27.2 Å². The topological polar surface area (TPSA) is 40.6 Å². The Morgan fingerprint density at radius 3 is 2.22 bits per heavy atom. The zero-order chi connectivity index (χ0) is 19.6. The van der Waals surface area contributed by atoms with Crippen LogP contribution in [-0.2, 0) is 0 Å². The number of Topliss-reactive ketones (excluding diaryl/α,β-unsaturated/α-hetero) is 1. The molecule has 1 aliphatic rings. The minimum Gasteiger partial charge on any atom is -0.339 e. The van der Waals surface area contributed by atoms with Gasteiger partial charge in [0.1, 0.15) is 5.82 Å². The molecule has 0 bridgehead atoms. The Bertz CT molecular complexity index is 840. The van der Waals surface area contributed by atoms with Crippen LogP contribution in [0, 0.1) is 5.82 Å². The molecular weight excluding hydrogens is 343 g/mol. The molecule has 5 heteroatoms. The molecule has 3 rings (SSSR count). The van der Waals surface area contributed by atoms with Crippen LogP contribution in [0.5, 0.6) is 0 Å². The number of carbonyl (C=O) groups is 2. The molecular formula is C22H25FN2O2. The van der Waals surface area contributed by atoms with E-state index in [1.54, 1.807) is 30.3 Å². The summed E-state index contributed by atoms with van der Waals surface area (Å²) in [6.45, 7) is 3.44. The quantitative estimate of drug-likeness (QED) is 0.770. The summed E-state index contributed by atoms with van der Waals surface area (Å²) in [6, 6.07) is 11.5. The van der Waals surface area contributed by atoms with Gasteiger partial charge in [0.2, 0.25) is 0 Å². The van der Waals surface area contributed by atoms with Crippen molar-refractivity contribution in [3.8, 4) is 11.1 Å². The van der Waals surface area contributed by atoms with Gasteiger partial charge in [0.25, 0.3) is 5.91 Å². The highest BCUT2D eigenvalue weighted by molar-refractivity contribution is 5.96. The van der Waals surface area contributed by atoms with E-state index in [-0.39, 0.29) is 23.5 Å². The summed E-state index contributed by atoms with van der Waals surface area (Å²) in [5.41, 5.74) is 2.07. The van der Waals surface area contributed by atoms with Gasteiger partial charge < -0.3 is 9.80 Å². The molecule has 0 radical (unpaired) electrons. The van der Waals surface area contributed by atoms with E-state index in [9.17, 15) is 14.0 Å². The lowest BCUT2D eigenvalue weighted by atomic mass is 9.99. The number of nitrogens with zero attached hydrogens (tertiary/aromatic N) is 2. The van der Waals surface area contributed by atoms with Gasteiger partial charge in [0.05, 0.1) is 0 Å². The van der Waals surface area contributed by atoms with Gasteiger partial charge in [-0.3, -0.25) is 9.59 Å². The van der Waals surface area contributed by atoms with Gasteiger partial charge in [-0.25, -0.2) is 4.39 Å². The largest absolute Gasteiger partial charge is 0.339 e. The van der Waals surface area contributed by atoms with E-state index in [4.69, 9.17) is 0 Å². The molecule has 0 spiro atoms. The van der Waals surface area contributed by atoms with Crippen LogP contribution in [0.15, 0.2) is 42.5 Å². The Labute approximate surface area is 159 Å². The van der Waals surface area contributed by atoms with Gasteiger partial charge in [-0.15, -0.1) is 0 Å². The standard InChI is InChI=1S/C22H25FN2O2/c1-15(26)18-8-9-21(23)20(14-18)16-4-6-17(7-5-16)22(27)25(3)19-10-12-24(2)13-11-19/h4-9,14,19H,10-13H2,1-3H3. The van der Waals surface area contributed by atoms with Gasteiger partial charge >= 0.3 is 0 Å². The molecule has 2 aromatic rings. The molecule has 0 saturated carbocycles. The van der Waals surface area contributed by atoms with Crippen LogP contribution in [0.3, 0.4) is 0 Å². The predicted molar refractivity (Wildman–Crippen MR) is 104 cm³/mol. The van der Waals surface area contributed by atoms with Gasteiger partial charge in [-0.1, -0.05) is 12.1 Å². The van der Waals surface area contributed by atoms with Crippen molar-refractivity contribution in [3.05, 3.63) is 59.4 Å². The number of hydrogen-bond donors (Lipinski definition) is 0. The lowest BCUT2D eigenvalue weighted by Gasteiger charge is -2.35. The van der Waals surface area contributed by atoms with Crippen LogP contribution < -0.4 is 0 Å². The minimum absolute atomic E-state index is 0.0194. The smallest absolute Gasteiger partial charge is 0.253 e. The third-order valence-corrected chi connectivity index (χ3v) is 5.37. The molecule has 1 aliphatic heterocycles. The monoisotopic (exact) mass is 368 g/mol. The maximum Gasteiger partial charge on any atom is 0.253 e. The lowest BCUT2D eigenvalue weighted by molar-refractivity contribution is 0.0659. The Hall–Kier alpha value is -2.53. The zero-order valence-electron chi connectivity index (χ0n) is 16.0. The molecule has 1 saturated heterocycles. The fourth-order valence-electron chi connectivity index (χ4n) is 3.51. The number of halogens is 1. The van der Waals surface area contributed by atoms with Crippen LogP contribution in [0.2, 0.25) is 0 Å². The lowest BCUT2D eigenvalue weighted by Crippen LogP contribution is -2.44. The molecule has 2 aromatic carbocycles. The summed E-state index contributed by atoms with van der Waals surface area (Å²) in [4.78, 5) is 28.4. The second kappa shape index (κ2) is 8.01. The SMILES string of the molecule is CC(=O)c1ccc(F)c(-c2ccc(C(=O)N(C)C3CCN(C)CC3)cc2)c1. The number of ketones is 1. The van der Waals surface area contributed by atoms with Crippen molar-refractivity contribution >= 4 is 11.7 Å². The van der Waals surface area contributed by atoms with Crippen LogP contribution in [0.1, 0.15) is 40.5 Å². The number of amides is 1. The zero-order valence-corrected chi connectivity index (χ0v) is 16.0. The number of hydrogen-bond acceptors (Lipinski definition) is 3. The highest BCUT2D eigenvalue weighted by atomic mass is 19.1. The third kappa shape index (κ3) is 4.25. The Balaban J connectivity index is 1.78. The number of benzene rings is 2. The van der Waals surface area contributed by atoms with Crippen LogP contribution >= 0.6 is 0 Å². The van der Waals surface area contributed by atoms with Crippen molar-refractivity contribution in [2.24, 2.45) is 0 Å². The van der Waals surface area contributed by atoms with Crippen LogP contribution in [-0.4, -0.2) is 54.7 Å². The fraction of sp³-hybridized carbons (Fsp3) is 0.364. The first-order chi connectivity index (χ1) is 12.9. The minimum atomic E-state index is -0.387. The normalized spacial score (nSPS) is 15.6. The number of carbonyl (C=O) groups excluding carboxylic acids is 2. The van der Waals surface area contributed by atoms with Crippen molar-refractivity contribution in [1.82, 2.24) is 9.80 Å². The first kappa shape index (κ1) is 19.2. The molecule has 4 nitrogen and oxygen atoms in total. The molecule has 27 heavy (non-hydrogen) atoms. The summed E-state index contributed by atoms with van der Waals surface area (Å²) < 4.78 is 14.2. The summed E-state index contributed by atoms with van der Waals surface area (Å²) in [6.07, 6.45) is 1.94. The fourth-order valence-corrected chi connectivity index (χ4v) is 3.51. The molecule has 0 N–H and O–H groups in total. The first-order valence-corrected chi connectivity index (χ1v) is 9.23. The molecule has 0 aromatic heterocycles. The maximum atomic E-state index is 14.2. The van der Waals surface area contributed by atoms with Crippen molar-refractivity contribution in [3.63, 3.8) is 0 Å². The van der Waals surface area contributed by atoms with Crippen molar-refractivity contribution < 1.29 is 14.0 Å². The summed E-state index contributed by atoms with van der Waals surface area (Å²) >= 11 is 0. The number of likely N-dealkylation sites (tertiary alicyclic amines) is 1. The van der Waals surface area contributed by atoms with E-state index in [1.165, 1.54) is 19.1 Å². The highest BCUT2D eigenvalue weighted by Crippen LogP contribution is 2.25. The first-order valence-electron chi connectivity index (χ1n) is 9.23. The highest BCUT2D eigenvalue weighted by Gasteiger charge is 2.24. The Morgan fingerprint density at radius 1 is 1.04 bits per heavy atom. The van der Waals surface area contributed by atoms with Crippen molar-refractivity contribution in [1.29, 1.82) is 0 Å². The third-order valence-electron chi connectivity index (χ3n) is 5.37. The van der Waals surface area contributed by atoms with E-state index in [2.05, 4.69) is 11.9 Å². The molecule has 1 heterocycles. The van der Waals surface area contributed by atoms with Gasteiger partial charge in [0, 0.05) is 29.8 Å². The predicted octanol–water partition coefficient (Wildman–Crippen LogP) is 3.86. The van der Waals surface area contributed by atoms with Crippen LogP contribution in [0.25, 0.3) is 11.1 Å². The average Bonchev–Trinajstić information content (AvgIpc) is 2.68. The van der Waals surface area contributed by atoms with Crippen LogP contribution in [0.4, 0.5) is 4.39 Å². The number of rotatable bonds is 4. The molecule has 142 valence electrons. The Kier molecular flexibility index (Phi) is 5.71. The molecule has 0 aliphatic carbocycles. The van der Waals surface area contributed by atoms with E-state index in [0.29, 0.717) is 22.3 Å². The second-order valence-corrected chi connectivity index (χ2v) is 7.28. The maximum absolute atomic E-state index is 14.2. The molecule has 1 amide bonds. The van der Waals surface area contributed by atoms with Gasteiger partial charge in [0.15, 0.2) is 5.78 Å². The number of piperidine rings is 1.